The summed E-state index contributed by atoms with van der Waals surface area (Å²) in [6.45, 7) is 5.30. The molecule has 136 valence electrons. The Kier molecular flexibility index (Phi) is 6.62. The SMILES string of the molecule is CCC1C(C)[C@@H](CC(C(=O)OC)C(=O)OC)O[C@H]1N1C=CCOC1. The molecule has 7 nitrogen and oxygen atoms in total. The Hall–Kier alpha value is -1.60. The molecule has 2 heterocycles. The fourth-order valence-electron chi connectivity index (χ4n) is 3.52. The van der Waals surface area contributed by atoms with Crippen LogP contribution in [0.25, 0.3) is 0 Å². The van der Waals surface area contributed by atoms with Crippen molar-refractivity contribution in [3.05, 3.63) is 12.3 Å². The minimum Gasteiger partial charge on any atom is -0.468 e. The van der Waals surface area contributed by atoms with Crippen molar-refractivity contribution in [3.63, 3.8) is 0 Å². The van der Waals surface area contributed by atoms with Gasteiger partial charge in [-0.1, -0.05) is 13.8 Å². The number of esters is 2. The van der Waals surface area contributed by atoms with Crippen molar-refractivity contribution in [2.45, 2.75) is 39.0 Å². The van der Waals surface area contributed by atoms with Gasteiger partial charge in [-0.2, -0.15) is 0 Å². The third kappa shape index (κ3) is 3.89. The lowest BCUT2D eigenvalue weighted by atomic mass is 9.85. The zero-order valence-electron chi connectivity index (χ0n) is 14.8. The summed E-state index contributed by atoms with van der Waals surface area (Å²) in [7, 11) is 2.54. The molecular formula is C17H27NO6. The van der Waals surface area contributed by atoms with Crippen LogP contribution in [0.1, 0.15) is 26.7 Å². The van der Waals surface area contributed by atoms with Crippen LogP contribution in [0.15, 0.2) is 12.3 Å². The number of rotatable bonds is 6. The van der Waals surface area contributed by atoms with E-state index in [4.69, 9.17) is 18.9 Å². The number of hydrogen-bond acceptors (Lipinski definition) is 7. The highest BCUT2D eigenvalue weighted by atomic mass is 16.6. The Balaban J connectivity index is 2.12. The number of carbonyl (C=O) groups excluding carboxylic acids is 2. The Morgan fingerprint density at radius 3 is 2.46 bits per heavy atom. The number of carbonyl (C=O) groups is 2. The van der Waals surface area contributed by atoms with Gasteiger partial charge in [0.2, 0.25) is 0 Å². The van der Waals surface area contributed by atoms with Crippen LogP contribution in [0.3, 0.4) is 0 Å². The van der Waals surface area contributed by atoms with Crippen molar-refractivity contribution in [2.75, 3.05) is 27.6 Å². The fraction of sp³-hybridized carbons (Fsp3) is 0.765. The highest BCUT2D eigenvalue weighted by Gasteiger charge is 2.46. The second-order valence-corrected chi connectivity index (χ2v) is 6.23. The van der Waals surface area contributed by atoms with Gasteiger partial charge in [0.15, 0.2) is 5.92 Å². The molecule has 0 spiro atoms. The molecule has 4 atom stereocenters. The minimum absolute atomic E-state index is 0.123. The standard InChI is InChI=1S/C17H27NO6/c1-5-12-11(2)14(9-13(16(19)21-3)17(20)22-4)24-15(12)18-7-6-8-23-10-18/h6-7,11-15H,5,8-10H2,1-4H3/t11?,12?,14-,15-/m1/s1. The van der Waals surface area contributed by atoms with Gasteiger partial charge in [0.05, 0.1) is 26.9 Å². The molecule has 0 N–H and O–H groups in total. The number of ether oxygens (including phenoxy) is 4. The molecule has 0 aromatic heterocycles. The first-order valence-corrected chi connectivity index (χ1v) is 8.34. The van der Waals surface area contributed by atoms with Crippen molar-refractivity contribution < 1.29 is 28.5 Å². The summed E-state index contributed by atoms with van der Waals surface area (Å²) in [4.78, 5) is 25.9. The number of nitrogens with zero attached hydrogens (tertiary/aromatic N) is 1. The molecule has 24 heavy (non-hydrogen) atoms. The normalized spacial score (nSPS) is 29.8. The topological polar surface area (TPSA) is 74.3 Å². The van der Waals surface area contributed by atoms with Gasteiger partial charge in [0.1, 0.15) is 13.0 Å². The van der Waals surface area contributed by atoms with E-state index in [1.807, 2.05) is 17.2 Å². The van der Waals surface area contributed by atoms with Crippen LogP contribution >= 0.6 is 0 Å². The van der Waals surface area contributed by atoms with E-state index in [0.29, 0.717) is 13.3 Å². The van der Waals surface area contributed by atoms with Crippen LogP contribution in [-0.4, -0.2) is 56.7 Å². The van der Waals surface area contributed by atoms with Crippen LogP contribution in [-0.2, 0) is 28.5 Å². The van der Waals surface area contributed by atoms with E-state index in [1.165, 1.54) is 14.2 Å². The summed E-state index contributed by atoms with van der Waals surface area (Å²) < 4.78 is 21.2. The first-order chi connectivity index (χ1) is 11.5. The highest BCUT2D eigenvalue weighted by molar-refractivity contribution is 5.94. The predicted octanol–water partition coefficient (Wildman–Crippen LogP) is 1.53. The quantitative estimate of drug-likeness (QED) is 0.536. The average Bonchev–Trinajstić information content (AvgIpc) is 2.94. The number of hydrogen-bond donors (Lipinski definition) is 0. The third-order valence-corrected chi connectivity index (χ3v) is 4.93. The summed E-state index contributed by atoms with van der Waals surface area (Å²) in [6.07, 6.45) is 4.79. The Morgan fingerprint density at radius 1 is 1.29 bits per heavy atom. The highest BCUT2D eigenvalue weighted by Crippen LogP contribution is 2.39. The van der Waals surface area contributed by atoms with Gasteiger partial charge in [0.25, 0.3) is 0 Å². The van der Waals surface area contributed by atoms with Gasteiger partial charge >= 0.3 is 11.9 Å². The summed E-state index contributed by atoms with van der Waals surface area (Å²) >= 11 is 0. The molecule has 0 radical (unpaired) electrons. The van der Waals surface area contributed by atoms with Crippen molar-refractivity contribution in [1.29, 1.82) is 0 Å². The molecule has 1 fully saturated rings. The smallest absolute Gasteiger partial charge is 0.320 e. The molecule has 0 bridgehead atoms. The molecule has 2 aliphatic heterocycles. The first-order valence-electron chi connectivity index (χ1n) is 8.34. The maximum absolute atomic E-state index is 11.9. The Bertz CT molecular complexity index is 464. The van der Waals surface area contributed by atoms with Gasteiger partial charge in [-0.05, 0) is 24.8 Å². The van der Waals surface area contributed by atoms with Crippen molar-refractivity contribution in [2.24, 2.45) is 17.8 Å². The van der Waals surface area contributed by atoms with Crippen molar-refractivity contribution in [1.82, 2.24) is 4.90 Å². The predicted molar refractivity (Wildman–Crippen MR) is 85.5 cm³/mol. The fourth-order valence-corrected chi connectivity index (χ4v) is 3.52. The van der Waals surface area contributed by atoms with E-state index >= 15 is 0 Å². The first kappa shape index (κ1) is 18.7. The van der Waals surface area contributed by atoms with Gasteiger partial charge in [-0.25, -0.2) is 0 Å². The van der Waals surface area contributed by atoms with Crippen LogP contribution in [0.5, 0.6) is 0 Å². The van der Waals surface area contributed by atoms with Crippen molar-refractivity contribution in [3.8, 4) is 0 Å². The Morgan fingerprint density at radius 2 is 1.96 bits per heavy atom. The van der Waals surface area contributed by atoms with E-state index < -0.39 is 17.9 Å². The summed E-state index contributed by atoms with van der Waals surface area (Å²) in [5, 5.41) is 0. The zero-order valence-corrected chi connectivity index (χ0v) is 14.8. The molecule has 0 aliphatic carbocycles. The molecule has 2 aliphatic rings. The third-order valence-electron chi connectivity index (χ3n) is 4.93. The largest absolute Gasteiger partial charge is 0.468 e. The lowest BCUT2D eigenvalue weighted by Crippen LogP contribution is -2.39. The van der Waals surface area contributed by atoms with Gasteiger partial charge < -0.3 is 23.8 Å². The van der Waals surface area contributed by atoms with E-state index in [1.54, 1.807) is 0 Å². The van der Waals surface area contributed by atoms with Crippen molar-refractivity contribution >= 4 is 11.9 Å². The zero-order chi connectivity index (χ0) is 17.7. The lowest BCUT2D eigenvalue weighted by Gasteiger charge is -2.32. The monoisotopic (exact) mass is 341 g/mol. The van der Waals surface area contributed by atoms with E-state index in [9.17, 15) is 9.59 Å². The maximum Gasteiger partial charge on any atom is 0.320 e. The lowest BCUT2D eigenvalue weighted by molar-refractivity contribution is -0.162. The molecule has 0 saturated carbocycles. The molecule has 0 amide bonds. The number of methoxy groups -OCH3 is 2. The maximum atomic E-state index is 11.9. The minimum atomic E-state index is -0.961. The van der Waals surface area contributed by atoms with Gasteiger partial charge in [-0.3, -0.25) is 9.59 Å². The molecular weight excluding hydrogens is 314 g/mol. The summed E-state index contributed by atoms with van der Waals surface area (Å²) in [5.74, 6) is -1.65. The average molecular weight is 341 g/mol. The molecule has 0 aromatic carbocycles. The van der Waals surface area contributed by atoms with Crippen LogP contribution < -0.4 is 0 Å². The van der Waals surface area contributed by atoms with E-state index in [2.05, 4.69) is 13.8 Å². The molecule has 7 heteroatoms. The van der Waals surface area contributed by atoms with Gasteiger partial charge in [-0.15, -0.1) is 0 Å². The van der Waals surface area contributed by atoms with E-state index in [-0.39, 0.29) is 30.6 Å². The molecule has 2 unspecified atom stereocenters. The van der Waals surface area contributed by atoms with Gasteiger partial charge in [0, 0.05) is 12.1 Å². The van der Waals surface area contributed by atoms with Crippen LogP contribution in [0, 0.1) is 17.8 Å². The second kappa shape index (κ2) is 8.48. The molecule has 2 rings (SSSR count). The second-order valence-electron chi connectivity index (χ2n) is 6.23. The van der Waals surface area contributed by atoms with Crippen LogP contribution in [0.2, 0.25) is 0 Å². The van der Waals surface area contributed by atoms with E-state index in [0.717, 1.165) is 6.42 Å². The molecule has 0 aromatic rings. The van der Waals surface area contributed by atoms with Crippen LogP contribution in [0.4, 0.5) is 0 Å². The summed E-state index contributed by atoms with van der Waals surface area (Å²) in [5.41, 5.74) is 0. The Labute approximate surface area is 142 Å². The summed E-state index contributed by atoms with van der Waals surface area (Å²) in [6, 6.07) is 0. The molecule has 1 saturated heterocycles.